The van der Waals surface area contributed by atoms with Crippen LogP contribution in [0, 0.1) is 0 Å². The number of hydrogen-bond donors (Lipinski definition) is 1. The molecule has 0 aliphatic carbocycles. The lowest BCUT2D eigenvalue weighted by atomic mass is 10.3. The molecule has 6 nitrogen and oxygen atoms in total. The average Bonchev–Trinajstić information content (AvgIpc) is 2.05. The number of carboxylic acid groups (broad SMARTS) is 1. The second-order valence-corrected chi connectivity index (χ2v) is 1.90. The molecule has 1 aromatic heterocycles. The van der Waals surface area contributed by atoms with Gasteiger partial charge in [-0.05, 0) is 22.8 Å². The Hall–Kier alpha value is -2.07. The summed E-state index contributed by atoms with van der Waals surface area (Å²) in [6.45, 7) is 0. The highest BCUT2D eigenvalue weighted by Gasteiger charge is 2.01. The van der Waals surface area contributed by atoms with Crippen molar-refractivity contribution < 1.29 is 9.90 Å². The van der Waals surface area contributed by atoms with Crippen LogP contribution in [0.2, 0.25) is 0 Å². The van der Waals surface area contributed by atoms with Crippen molar-refractivity contribution in [3.05, 3.63) is 34.3 Å². The fourth-order valence-electron chi connectivity index (χ4n) is 0.652. The Bertz CT molecular complexity index is 339. The lowest BCUT2D eigenvalue weighted by Gasteiger charge is -1.92. The molecule has 0 amide bonds. The van der Waals surface area contributed by atoms with Crippen LogP contribution < -0.4 is 0 Å². The molecule has 0 aliphatic rings. The Labute approximate surface area is 67.1 Å². The molecule has 0 saturated heterocycles. The van der Waals surface area contributed by atoms with Gasteiger partial charge in [0.15, 0.2) is 0 Å². The first-order valence-electron chi connectivity index (χ1n) is 2.98. The highest BCUT2D eigenvalue weighted by molar-refractivity contribution is 5.88. The summed E-state index contributed by atoms with van der Waals surface area (Å²) in [6, 6.07) is 2.51. The van der Waals surface area contributed by atoms with Crippen LogP contribution >= 0.6 is 0 Å². The number of aromatic carboxylic acids is 1. The van der Waals surface area contributed by atoms with Crippen molar-refractivity contribution in [1.29, 1.82) is 0 Å². The first kappa shape index (κ1) is 8.03. The van der Waals surface area contributed by atoms with E-state index >= 15 is 0 Å². The Kier molecular flexibility index (Phi) is 2.25. The molecule has 1 rings (SSSR count). The van der Waals surface area contributed by atoms with Gasteiger partial charge in [-0.15, -0.1) is 0 Å². The van der Waals surface area contributed by atoms with Crippen LogP contribution in [-0.4, -0.2) is 16.1 Å². The number of carbonyl (C=O) groups is 1. The van der Waals surface area contributed by atoms with Crippen molar-refractivity contribution in [3.8, 4) is 0 Å². The topological polar surface area (TPSA) is 99.0 Å². The van der Waals surface area contributed by atoms with Gasteiger partial charge in [0.05, 0.1) is 5.56 Å². The van der Waals surface area contributed by atoms with Crippen molar-refractivity contribution >= 4 is 11.8 Å². The second kappa shape index (κ2) is 3.36. The van der Waals surface area contributed by atoms with Gasteiger partial charge in [-0.2, -0.15) is 0 Å². The van der Waals surface area contributed by atoms with E-state index in [2.05, 4.69) is 15.0 Å². The number of rotatable bonds is 2. The Morgan fingerprint density at radius 3 is 3.08 bits per heavy atom. The molecule has 1 N–H and O–H groups in total. The zero-order valence-corrected chi connectivity index (χ0v) is 5.88. The SMILES string of the molecule is [N-]=[N+]=Nc1cc(C(=O)O)ccn1. The van der Waals surface area contributed by atoms with Gasteiger partial charge in [0.2, 0.25) is 0 Å². The summed E-state index contributed by atoms with van der Waals surface area (Å²) in [4.78, 5) is 16.5. The van der Waals surface area contributed by atoms with Gasteiger partial charge in [-0.1, -0.05) is 0 Å². The van der Waals surface area contributed by atoms with E-state index in [1.165, 1.54) is 18.3 Å². The lowest BCUT2D eigenvalue weighted by Crippen LogP contribution is -1.95. The number of nitrogens with zero attached hydrogens (tertiary/aromatic N) is 4. The van der Waals surface area contributed by atoms with Crippen molar-refractivity contribution in [1.82, 2.24) is 4.98 Å². The van der Waals surface area contributed by atoms with Gasteiger partial charge in [-0.25, -0.2) is 4.79 Å². The third kappa shape index (κ3) is 1.71. The summed E-state index contributed by atoms with van der Waals surface area (Å²) >= 11 is 0. The zero-order chi connectivity index (χ0) is 8.97. The van der Waals surface area contributed by atoms with Gasteiger partial charge in [0.25, 0.3) is 0 Å². The molecule has 0 saturated carbocycles. The first-order valence-corrected chi connectivity index (χ1v) is 2.98. The highest BCUT2D eigenvalue weighted by atomic mass is 16.4. The van der Waals surface area contributed by atoms with E-state index in [1.807, 2.05) is 0 Å². The van der Waals surface area contributed by atoms with E-state index < -0.39 is 5.97 Å². The maximum atomic E-state index is 10.4. The van der Waals surface area contributed by atoms with Crippen LogP contribution in [0.4, 0.5) is 5.82 Å². The first-order chi connectivity index (χ1) is 5.74. The Morgan fingerprint density at radius 2 is 2.50 bits per heavy atom. The second-order valence-electron chi connectivity index (χ2n) is 1.90. The van der Waals surface area contributed by atoms with E-state index in [4.69, 9.17) is 10.6 Å². The van der Waals surface area contributed by atoms with Gasteiger partial charge in [0, 0.05) is 11.1 Å². The van der Waals surface area contributed by atoms with Crippen molar-refractivity contribution in [2.75, 3.05) is 0 Å². The third-order valence-corrected chi connectivity index (χ3v) is 1.14. The molecule has 0 radical (unpaired) electrons. The minimum atomic E-state index is -1.08. The monoisotopic (exact) mass is 164 g/mol. The molecular formula is C6H4N4O2. The van der Waals surface area contributed by atoms with Gasteiger partial charge < -0.3 is 5.11 Å². The maximum absolute atomic E-state index is 10.4. The fraction of sp³-hybridized carbons (Fsp3) is 0. The quantitative estimate of drug-likeness (QED) is 0.409. The number of hydrogen-bond acceptors (Lipinski definition) is 3. The smallest absolute Gasteiger partial charge is 0.335 e. The largest absolute Gasteiger partial charge is 0.478 e. The lowest BCUT2D eigenvalue weighted by molar-refractivity contribution is 0.0697. The molecule has 12 heavy (non-hydrogen) atoms. The molecule has 0 atom stereocenters. The fourth-order valence-corrected chi connectivity index (χ4v) is 0.652. The maximum Gasteiger partial charge on any atom is 0.335 e. The molecule has 0 fully saturated rings. The number of pyridine rings is 1. The molecule has 0 aromatic carbocycles. The Morgan fingerprint density at radius 1 is 1.75 bits per heavy atom. The molecule has 0 unspecified atom stereocenters. The van der Waals surface area contributed by atoms with Crippen LogP contribution in [0.25, 0.3) is 10.4 Å². The van der Waals surface area contributed by atoms with E-state index in [-0.39, 0.29) is 11.4 Å². The summed E-state index contributed by atoms with van der Waals surface area (Å²) in [5.41, 5.74) is 8.07. The predicted octanol–water partition coefficient (Wildman–Crippen LogP) is 1.72. The van der Waals surface area contributed by atoms with E-state index in [9.17, 15) is 4.79 Å². The van der Waals surface area contributed by atoms with Crippen molar-refractivity contribution in [2.24, 2.45) is 5.11 Å². The Balaban J connectivity index is 3.11. The standard InChI is InChI=1S/C6H4N4O2/c7-10-9-5-3-4(6(11)12)1-2-8-5/h1-3H,(H,11,12). The summed E-state index contributed by atoms with van der Waals surface area (Å²) < 4.78 is 0. The van der Waals surface area contributed by atoms with Crippen LogP contribution in [-0.2, 0) is 0 Å². The van der Waals surface area contributed by atoms with Crippen molar-refractivity contribution in [3.63, 3.8) is 0 Å². The molecule has 0 bridgehead atoms. The molecule has 0 aliphatic heterocycles. The van der Waals surface area contributed by atoms with E-state index in [0.29, 0.717) is 0 Å². The average molecular weight is 164 g/mol. The van der Waals surface area contributed by atoms with Crippen LogP contribution in [0.15, 0.2) is 23.4 Å². The van der Waals surface area contributed by atoms with Crippen LogP contribution in [0.1, 0.15) is 10.4 Å². The van der Waals surface area contributed by atoms with E-state index in [0.717, 1.165) is 0 Å². The summed E-state index contributed by atoms with van der Waals surface area (Å²) in [7, 11) is 0. The molecule has 6 heteroatoms. The third-order valence-electron chi connectivity index (χ3n) is 1.14. The minimum Gasteiger partial charge on any atom is -0.478 e. The highest BCUT2D eigenvalue weighted by Crippen LogP contribution is 2.09. The van der Waals surface area contributed by atoms with E-state index in [1.54, 1.807) is 0 Å². The summed E-state index contributed by atoms with van der Waals surface area (Å²) in [6.07, 6.45) is 1.27. The van der Waals surface area contributed by atoms with Crippen LogP contribution in [0.3, 0.4) is 0 Å². The molecule has 0 spiro atoms. The summed E-state index contributed by atoms with van der Waals surface area (Å²) in [5, 5.41) is 11.7. The molecular weight excluding hydrogens is 160 g/mol. The van der Waals surface area contributed by atoms with Crippen LogP contribution in [0.5, 0.6) is 0 Å². The number of aromatic nitrogens is 1. The van der Waals surface area contributed by atoms with Crippen molar-refractivity contribution in [2.45, 2.75) is 0 Å². The molecule has 1 aromatic rings. The van der Waals surface area contributed by atoms with Gasteiger partial charge in [0.1, 0.15) is 5.82 Å². The van der Waals surface area contributed by atoms with Gasteiger partial charge >= 0.3 is 5.97 Å². The normalized spacial score (nSPS) is 8.67. The van der Waals surface area contributed by atoms with Gasteiger partial charge in [-0.3, -0.25) is 4.98 Å². The molecule has 60 valence electrons. The number of azide groups is 1. The number of carboxylic acids is 1. The molecule has 1 heterocycles. The zero-order valence-electron chi connectivity index (χ0n) is 5.88. The minimum absolute atomic E-state index is 0.0485. The predicted molar refractivity (Wildman–Crippen MR) is 40.0 cm³/mol. The summed E-state index contributed by atoms with van der Waals surface area (Å²) in [5.74, 6) is -1.02.